The standard InChI is InChI=1S/C16H24N2O6/c1-2-23-14-4-3-13(24-14)16(21)18-7-5-17(6-8-18)11-9-22-10-12(19)15(11)20/h3-4,11-12,15,19-20H,2,5-10H2,1H3/t11-,12-,15+/m1/s1. The van der Waals surface area contributed by atoms with Gasteiger partial charge in [-0.05, 0) is 13.0 Å². The normalized spacial score (nSPS) is 28.8. The number of furan rings is 1. The third kappa shape index (κ3) is 3.56. The van der Waals surface area contributed by atoms with E-state index >= 15 is 0 Å². The van der Waals surface area contributed by atoms with E-state index in [0.29, 0.717) is 45.3 Å². The maximum atomic E-state index is 12.5. The third-order valence-electron chi connectivity index (χ3n) is 4.51. The highest BCUT2D eigenvalue weighted by Gasteiger charge is 2.37. The Labute approximate surface area is 140 Å². The number of nitrogens with zero attached hydrogens (tertiary/aromatic N) is 2. The summed E-state index contributed by atoms with van der Waals surface area (Å²) in [6.07, 6.45) is -1.68. The number of ether oxygens (including phenoxy) is 2. The van der Waals surface area contributed by atoms with Gasteiger partial charge in [-0.2, -0.15) is 0 Å². The fraction of sp³-hybridized carbons (Fsp3) is 0.688. The molecule has 2 fully saturated rings. The van der Waals surface area contributed by atoms with Crippen LogP contribution in [0.4, 0.5) is 0 Å². The lowest BCUT2D eigenvalue weighted by atomic mass is 10.0. The number of aliphatic hydroxyl groups is 2. The van der Waals surface area contributed by atoms with E-state index in [0.717, 1.165) is 0 Å². The molecule has 0 radical (unpaired) electrons. The molecule has 0 spiro atoms. The highest BCUT2D eigenvalue weighted by Crippen LogP contribution is 2.20. The van der Waals surface area contributed by atoms with Crippen LogP contribution >= 0.6 is 0 Å². The average molecular weight is 340 g/mol. The van der Waals surface area contributed by atoms with Crippen molar-refractivity contribution in [2.24, 2.45) is 0 Å². The molecule has 0 aromatic carbocycles. The molecule has 1 aromatic heterocycles. The van der Waals surface area contributed by atoms with E-state index < -0.39 is 12.2 Å². The SMILES string of the molecule is CCOc1ccc(C(=O)N2CCN([C@@H]3COC[C@@H](O)[C@H]3O)CC2)o1. The molecule has 0 bridgehead atoms. The van der Waals surface area contributed by atoms with Crippen LogP contribution in [-0.4, -0.2) is 90.2 Å². The van der Waals surface area contributed by atoms with Crippen LogP contribution < -0.4 is 4.74 Å². The summed E-state index contributed by atoms with van der Waals surface area (Å²) in [6.45, 7) is 5.18. The number of aliphatic hydroxyl groups excluding tert-OH is 2. The molecule has 8 nitrogen and oxygen atoms in total. The number of rotatable bonds is 4. The summed E-state index contributed by atoms with van der Waals surface area (Å²) in [4.78, 5) is 16.2. The second-order valence-corrected chi connectivity index (χ2v) is 6.04. The Bertz CT molecular complexity index is 555. The fourth-order valence-electron chi connectivity index (χ4n) is 3.15. The van der Waals surface area contributed by atoms with Gasteiger partial charge in [0.05, 0.1) is 32.0 Å². The van der Waals surface area contributed by atoms with Crippen LogP contribution in [0.3, 0.4) is 0 Å². The Morgan fingerprint density at radius 3 is 2.71 bits per heavy atom. The van der Waals surface area contributed by atoms with Gasteiger partial charge in [-0.3, -0.25) is 9.69 Å². The zero-order valence-electron chi connectivity index (χ0n) is 13.8. The molecule has 24 heavy (non-hydrogen) atoms. The molecule has 0 unspecified atom stereocenters. The number of hydrogen-bond donors (Lipinski definition) is 2. The van der Waals surface area contributed by atoms with Gasteiger partial charge in [0.15, 0.2) is 5.76 Å². The predicted octanol–water partition coefficient (Wildman–Crippen LogP) is -0.443. The Balaban J connectivity index is 1.55. The molecule has 0 aliphatic carbocycles. The maximum Gasteiger partial charge on any atom is 0.289 e. The zero-order chi connectivity index (χ0) is 17.1. The van der Waals surface area contributed by atoms with Crippen LogP contribution in [0.1, 0.15) is 17.5 Å². The lowest BCUT2D eigenvalue weighted by Gasteiger charge is -2.43. The van der Waals surface area contributed by atoms with Gasteiger partial charge in [0.1, 0.15) is 6.10 Å². The second-order valence-electron chi connectivity index (χ2n) is 6.04. The Morgan fingerprint density at radius 2 is 2.00 bits per heavy atom. The molecular weight excluding hydrogens is 316 g/mol. The third-order valence-corrected chi connectivity index (χ3v) is 4.51. The minimum Gasteiger partial charge on any atom is -0.465 e. The largest absolute Gasteiger partial charge is 0.465 e. The van der Waals surface area contributed by atoms with Gasteiger partial charge in [-0.1, -0.05) is 0 Å². The van der Waals surface area contributed by atoms with Gasteiger partial charge in [0.25, 0.3) is 11.9 Å². The highest BCUT2D eigenvalue weighted by molar-refractivity contribution is 5.91. The Morgan fingerprint density at radius 1 is 1.25 bits per heavy atom. The van der Waals surface area contributed by atoms with Crippen molar-refractivity contribution in [3.05, 3.63) is 17.9 Å². The molecule has 2 aliphatic rings. The monoisotopic (exact) mass is 340 g/mol. The summed E-state index contributed by atoms with van der Waals surface area (Å²) in [7, 11) is 0. The molecule has 2 N–H and O–H groups in total. The maximum absolute atomic E-state index is 12.5. The van der Waals surface area contributed by atoms with Crippen LogP contribution in [-0.2, 0) is 4.74 Å². The van der Waals surface area contributed by atoms with E-state index in [1.54, 1.807) is 17.0 Å². The van der Waals surface area contributed by atoms with Crippen LogP contribution in [0.25, 0.3) is 0 Å². The number of carbonyl (C=O) groups excluding carboxylic acids is 1. The summed E-state index contributed by atoms with van der Waals surface area (Å²) >= 11 is 0. The van der Waals surface area contributed by atoms with Crippen molar-refractivity contribution < 1.29 is 28.9 Å². The topological polar surface area (TPSA) is 95.6 Å². The fourth-order valence-corrected chi connectivity index (χ4v) is 3.15. The minimum absolute atomic E-state index is 0.163. The van der Waals surface area contributed by atoms with Crippen molar-refractivity contribution in [2.75, 3.05) is 46.0 Å². The van der Waals surface area contributed by atoms with E-state index in [2.05, 4.69) is 4.90 Å². The van der Waals surface area contributed by atoms with Crippen LogP contribution in [0.5, 0.6) is 5.95 Å². The van der Waals surface area contributed by atoms with Gasteiger partial charge in [0, 0.05) is 32.2 Å². The lowest BCUT2D eigenvalue weighted by molar-refractivity contribution is -0.136. The van der Waals surface area contributed by atoms with Gasteiger partial charge in [0.2, 0.25) is 0 Å². The lowest BCUT2D eigenvalue weighted by Crippen LogP contribution is -2.60. The van der Waals surface area contributed by atoms with Crippen molar-refractivity contribution >= 4 is 5.91 Å². The molecule has 0 saturated carbocycles. The summed E-state index contributed by atoms with van der Waals surface area (Å²) < 4.78 is 16.0. The molecule has 3 heterocycles. The summed E-state index contributed by atoms with van der Waals surface area (Å²) in [5, 5.41) is 19.8. The van der Waals surface area contributed by atoms with E-state index in [-0.39, 0.29) is 24.3 Å². The van der Waals surface area contributed by atoms with Crippen molar-refractivity contribution in [1.82, 2.24) is 9.80 Å². The smallest absolute Gasteiger partial charge is 0.289 e. The van der Waals surface area contributed by atoms with Crippen molar-refractivity contribution in [2.45, 2.75) is 25.2 Å². The van der Waals surface area contributed by atoms with E-state index in [9.17, 15) is 15.0 Å². The first-order chi connectivity index (χ1) is 11.6. The quantitative estimate of drug-likeness (QED) is 0.767. The van der Waals surface area contributed by atoms with Gasteiger partial charge in [-0.25, -0.2) is 0 Å². The molecule has 2 aliphatic heterocycles. The molecule has 3 atom stereocenters. The summed E-state index contributed by atoms with van der Waals surface area (Å²) in [5.74, 6) is 0.445. The first kappa shape index (κ1) is 17.2. The van der Waals surface area contributed by atoms with E-state index in [1.807, 2.05) is 6.92 Å². The molecule has 1 amide bonds. The highest BCUT2D eigenvalue weighted by atomic mass is 16.6. The van der Waals surface area contributed by atoms with Crippen LogP contribution in [0.2, 0.25) is 0 Å². The van der Waals surface area contributed by atoms with Gasteiger partial charge < -0.3 is 29.0 Å². The molecule has 3 rings (SSSR count). The first-order valence-corrected chi connectivity index (χ1v) is 8.30. The molecule has 1 aromatic rings. The van der Waals surface area contributed by atoms with Crippen molar-refractivity contribution in [1.29, 1.82) is 0 Å². The average Bonchev–Trinajstić information content (AvgIpc) is 3.06. The van der Waals surface area contributed by atoms with Crippen LogP contribution in [0.15, 0.2) is 16.5 Å². The zero-order valence-corrected chi connectivity index (χ0v) is 13.8. The Hall–Kier alpha value is -1.61. The van der Waals surface area contributed by atoms with Crippen LogP contribution in [0, 0.1) is 0 Å². The van der Waals surface area contributed by atoms with E-state index in [4.69, 9.17) is 13.9 Å². The second kappa shape index (κ2) is 7.52. The molecule has 8 heteroatoms. The molecule has 134 valence electrons. The molecular formula is C16H24N2O6. The number of amides is 1. The molecule has 2 saturated heterocycles. The summed E-state index contributed by atoms with van der Waals surface area (Å²) in [5.41, 5.74) is 0. The van der Waals surface area contributed by atoms with E-state index in [1.165, 1.54) is 0 Å². The van der Waals surface area contributed by atoms with Gasteiger partial charge in [-0.15, -0.1) is 0 Å². The van der Waals surface area contributed by atoms with Crippen molar-refractivity contribution in [3.8, 4) is 5.95 Å². The van der Waals surface area contributed by atoms with Crippen molar-refractivity contribution in [3.63, 3.8) is 0 Å². The Kier molecular flexibility index (Phi) is 5.40. The summed E-state index contributed by atoms with van der Waals surface area (Å²) in [6, 6.07) is 3.03. The predicted molar refractivity (Wildman–Crippen MR) is 84.0 cm³/mol. The van der Waals surface area contributed by atoms with Gasteiger partial charge >= 0.3 is 0 Å². The minimum atomic E-state index is -0.858. The first-order valence-electron chi connectivity index (χ1n) is 8.30. The number of piperazine rings is 1. The number of hydrogen-bond acceptors (Lipinski definition) is 7. The number of carbonyl (C=O) groups is 1.